The lowest BCUT2D eigenvalue weighted by molar-refractivity contribution is -0.149. The fourth-order valence-electron chi connectivity index (χ4n) is 1.19. The molecule has 0 aromatic heterocycles. The van der Waals surface area contributed by atoms with Crippen molar-refractivity contribution in [2.45, 2.75) is 12.8 Å². The van der Waals surface area contributed by atoms with Crippen LogP contribution >= 0.6 is 23.2 Å². The lowest BCUT2D eigenvalue weighted by Gasteiger charge is -2.08. The first-order valence-corrected chi connectivity index (χ1v) is 5.24. The van der Waals surface area contributed by atoms with Crippen LogP contribution in [0.15, 0.2) is 18.2 Å². The number of carbonyl (C=O) groups excluding carboxylic acids is 1. The molecule has 0 aliphatic carbocycles. The molecular weight excluding hydrogens is 237 g/mol. The number of hydrogen-bond donors (Lipinski definition) is 1. The maximum absolute atomic E-state index is 10.1. The van der Waals surface area contributed by atoms with E-state index in [0.717, 1.165) is 12.0 Å². The van der Waals surface area contributed by atoms with Crippen LogP contribution in [-0.4, -0.2) is 23.2 Å². The molecule has 0 saturated carbocycles. The quantitative estimate of drug-likeness (QED) is 0.494. The van der Waals surface area contributed by atoms with Crippen molar-refractivity contribution in [3.05, 3.63) is 33.8 Å². The lowest BCUT2D eigenvalue weighted by Crippen LogP contribution is -2.18. The van der Waals surface area contributed by atoms with Gasteiger partial charge in [0.15, 0.2) is 0 Å². The van der Waals surface area contributed by atoms with Crippen molar-refractivity contribution in [1.82, 2.24) is 5.06 Å². The summed E-state index contributed by atoms with van der Waals surface area (Å²) in [4.78, 5) is 10.1. The standard InChI is InChI=1S/C10H11Cl2NO2/c11-9-4-3-8(6-10(9)12)2-1-5-13(15)7-14/h3-4,6-7,15H,1-2,5H2. The van der Waals surface area contributed by atoms with Crippen LogP contribution in [0.25, 0.3) is 0 Å². The second-order valence-electron chi connectivity index (χ2n) is 3.12. The van der Waals surface area contributed by atoms with Gasteiger partial charge in [-0.05, 0) is 30.5 Å². The SMILES string of the molecule is O=CN(O)CCCc1ccc(Cl)c(Cl)c1. The minimum atomic E-state index is 0.309. The van der Waals surface area contributed by atoms with Crippen molar-refractivity contribution in [2.75, 3.05) is 6.54 Å². The molecule has 1 N–H and O–H groups in total. The highest BCUT2D eigenvalue weighted by molar-refractivity contribution is 6.42. The Bertz CT molecular complexity index is 344. The van der Waals surface area contributed by atoms with Gasteiger partial charge in [-0.25, -0.2) is 5.06 Å². The Kier molecular flexibility index (Phi) is 4.88. The molecule has 0 bridgehead atoms. The molecule has 0 saturated heterocycles. The van der Waals surface area contributed by atoms with Gasteiger partial charge in [0.05, 0.1) is 10.0 Å². The molecule has 0 aliphatic rings. The monoisotopic (exact) mass is 247 g/mol. The van der Waals surface area contributed by atoms with Gasteiger partial charge in [-0.15, -0.1) is 0 Å². The van der Waals surface area contributed by atoms with Crippen LogP contribution in [0.2, 0.25) is 10.0 Å². The molecule has 5 heteroatoms. The molecule has 0 spiro atoms. The number of nitrogens with zero attached hydrogens (tertiary/aromatic N) is 1. The summed E-state index contributed by atoms with van der Waals surface area (Å²) in [5, 5.41) is 10.5. The molecule has 0 unspecified atom stereocenters. The predicted octanol–water partition coefficient (Wildman–Crippen LogP) is 2.77. The van der Waals surface area contributed by atoms with Crippen molar-refractivity contribution in [2.24, 2.45) is 0 Å². The van der Waals surface area contributed by atoms with Crippen molar-refractivity contribution in [1.29, 1.82) is 0 Å². The summed E-state index contributed by atoms with van der Waals surface area (Å²) in [7, 11) is 0. The molecule has 0 heterocycles. The summed E-state index contributed by atoms with van der Waals surface area (Å²) in [5.74, 6) is 0. The van der Waals surface area contributed by atoms with E-state index in [1.54, 1.807) is 12.1 Å². The molecular formula is C10H11Cl2NO2. The summed E-state index contributed by atoms with van der Waals surface area (Å²) in [5.41, 5.74) is 1.03. The van der Waals surface area contributed by atoms with E-state index in [9.17, 15) is 4.79 Å². The van der Waals surface area contributed by atoms with E-state index in [0.29, 0.717) is 34.5 Å². The van der Waals surface area contributed by atoms with Gasteiger partial charge in [-0.3, -0.25) is 10.0 Å². The topological polar surface area (TPSA) is 40.5 Å². The second kappa shape index (κ2) is 5.95. The van der Waals surface area contributed by atoms with Gasteiger partial charge in [0.1, 0.15) is 0 Å². The first kappa shape index (κ1) is 12.3. The zero-order valence-electron chi connectivity index (χ0n) is 7.99. The second-order valence-corrected chi connectivity index (χ2v) is 3.93. The zero-order chi connectivity index (χ0) is 11.3. The van der Waals surface area contributed by atoms with Crippen LogP contribution in [0.4, 0.5) is 0 Å². The van der Waals surface area contributed by atoms with Crippen LogP contribution < -0.4 is 0 Å². The summed E-state index contributed by atoms with van der Waals surface area (Å²) in [6.07, 6.45) is 1.80. The summed E-state index contributed by atoms with van der Waals surface area (Å²) >= 11 is 11.6. The predicted molar refractivity (Wildman–Crippen MR) is 59.3 cm³/mol. The number of aryl methyl sites for hydroxylation is 1. The largest absolute Gasteiger partial charge is 0.286 e. The number of benzene rings is 1. The lowest BCUT2D eigenvalue weighted by atomic mass is 10.1. The van der Waals surface area contributed by atoms with E-state index in [-0.39, 0.29) is 0 Å². The van der Waals surface area contributed by atoms with Crippen molar-refractivity contribution >= 4 is 29.6 Å². The zero-order valence-corrected chi connectivity index (χ0v) is 9.50. The highest BCUT2D eigenvalue weighted by Gasteiger charge is 2.01. The van der Waals surface area contributed by atoms with E-state index in [1.807, 2.05) is 6.07 Å². The van der Waals surface area contributed by atoms with Crippen LogP contribution in [-0.2, 0) is 11.2 Å². The van der Waals surface area contributed by atoms with Crippen molar-refractivity contribution in [3.63, 3.8) is 0 Å². The number of amides is 1. The Hall–Kier alpha value is -0.770. The number of hydroxylamine groups is 2. The maximum atomic E-state index is 10.1. The van der Waals surface area contributed by atoms with E-state index >= 15 is 0 Å². The molecule has 1 aromatic carbocycles. The minimum Gasteiger partial charge on any atom is -0.286 e. The third-order valence-electron chi connectivity index (χ3n) is 1.96. The third-order valence-corrected chi connectivity index (χ3v) is 2.70. The van der Waals surface area contributed by atoms with E-state index in [2.05, 4.69) is 0 Å². The van der Waals surface area contributed by atoms with Crippen molar-refractivity contribution in [3.8, 4) is 0 Å². The fourth-order valence-corrected chi connectivity index (χ4v) is 1.51. The maximum Gasteiger partial charge on any atom is 0.233 e. The van der Waals surface area contributed by atoms with Crippen LogP contribution in [0, 0.1) is 0 Å². The molecule has 0 atom stereocenters. The average Bonchev–Trinajstić information content (AvgIpc) is 2.23. The van der Waals surface area contributed by atoms with E-state index in [1.165, 1.54) is 0 Å². The summed E-state index contributed by atoms with van der Waals surface area (Å²) < 4.78 is 0. The highest BCUT2D eigenvalue weighted by atomic mass is 35.5. The summed E-state index contributed by atoms with van der Waals surface area (Å²) in [6.45, 7) is 0.309. The summed E-state index contributed by atoms with van der Waals surface area (Å²) in [6, 6.07) is 5.39. The Balaban J connectivity index is 2.44. The Morgan fingerprint density at radius 1 is 1.33 bits per heavy atom. The Labute approximate surface area is 98.2 Å². The first-order valence-electron chi connectivity index (χ1n) is 4.48. The van der Waals surface area contributed by atoms with Crippen molar-refractivity contribution < 1.29 is 10.0 Å². The number of halogens is 2. The smallest absolute Gasteiger partial charge is 0.233 e. The Morgan fingerprint density at radius 3 is 2.67 bits per heavy atom. The van der Waals surface area contributed by atoms with Gasteiger partial charge in [-0.2, -0.15) is 0 Å². The Morgan fingerprint density at radius 2 is 2.07 bits per heavy atom. The number of rotatable bonds is 5. The fraction of sp³-hybridized carbons (Fsp3) is 0.300. The van der Waals surface area contributed by atoms with Gasteiger partial charge in [0.25, 0.3) is 0 Å². The molecule has 3 nitrogen and oxygen atoms in total. The van der Waals surface area contributed by atoms with Gasteiger partial charge in [-0.1, -0.05) is 29.3 Å². The molecule has 0 aliphatic heterocycles. The molecule has 0 radical (unpaired) electrons. The molecule has 82 valence electrons. The van der Waals surface area contributed by atoms with E-state index < -0.39 is 0 Å². The van der Waals surface area contributed by atoms with Crippen LogP contribution in [0.5, 0.6) is 0 Å². The minimum absolute atomic E-state index is 0.309. The molecule has 0 fully saturated rings. The molecule has 1 amide bonds. The number of carbonyl (C=O) groups is 1. The van der Waals surface area contributed by atoms with Gasteiger partial charge >= 0.3 is 0 Å². The average molecular weight is 248 g/mol. The van der Waals surface area contributed by atoms with Gasteiger partial charge in [0.2, 0.25) is 6.41 Å². The normalized spacial score (nSPS) is 10.1. The first-order chi connectivity index (χ1) is 7.13. The van der Waals surface area contributed by atoms with E-state index in [4.69, 9.17) is 28.4 Å². The highest BCUT2D eigenvalue weighted by Crippen LogP contribution is 2.23. The third kappa shape index (κ3) is 4.08. The molecule has 1 rings (SSSR count). The molecule has 15 heavy (non-hydrogen) atoms. The van der Waals surface area contributed by atoms with Crippen LogP contribution in [0.3, 0.4) is 0 Å². The number of hydrogen-bond acceptors (Lipinski definition) is 2. The molecule has 1 aromatic rings. The van der Waals surface area contributed by atoms with Gasteiger partial charge < -0.3 is 0 Å². The van der Waals surface area contributed by atoms with Crippen LogP contribution in [0.1, 0.15) is 12.0 Å². The van der Waals surface area contributed by atoms with Gasteiger partial charge in [0, 0.05) is 6.54 Å².